The number of carbonyl (C=O) groups excluding carboxylic acids is 4. The molecule has 2 amide bonds. The minimum absolute atomic E-state index is 0.0818. The van der Waals surface area contributed by atoms with E-state index in [1.807, 2.05) is 40.7 Å². The SMILES string of the molecule is Cc1cc(C)cc(-c2[nH]c3sc(C(C)(C)C(=O)N4C5CCC4CC5)cc3c2C(=O)C(C)Cl)c1.Cc1cc(C)cc(-c2[nH]c3sc(C(C)(C)C(=O)N4C5CCC4CC5)cc3c2C(=O)C(C)N2CCN(C3CCS(=O)(=O)C3)CC2)c1.O=S1(=O)CCC(N2CCNCC2)C1. The van der Waals surface area contributed by atoms with Crippen LogP contribution in [0.2, 0.25) is 0 Å². The molecular formula is C70H93ClN8O8S4. The smallest absolute Gasteiger partial charge is 0.233 e. The molecule has 2 aromatic carbocycles. The van der Waals surface area contributed by atoms with E-state index in [0.29, 0.717) is 59.3 Å². The van der Waals surface area contributed by atoms with E-state index in [2.05, 4.69) is 110 Å². The zero-order valence-corrected chi connectivity index (χ0v) is 58.8. The topological polar surface area (TPSA) is 196 Å². The average Bonchev–Trinajstić information content (AvgIpc) is 1.60. The highest BCUT2D eigenvalue weighted by Gasteiger charge is 2.50. The molecule has 0 spiro atoms. The fourth-order valence-electron chi connectivity index (χ4n) is 16.3. The number of thiophene rings is 2. The summed E-state index contributed by atoms with van der Waals surface area (Å²) in [6, 6.07) is 18.5. The Kier molecular flexibility index (Phi) is 18.8. The van der Waals surface area contributed by atoms with Crippen molar-refractivity contribution in [1.82, 2.24) is 39.8 Å². The first-order valence-corrected chi connectivity index (χ1v) is 39.0. The number of aryl methyl sites for hydroxylation is 4. The van der Waals surface area contributed by atoms with E-state index < -0.39 is 35.9 Å². The van der Waals surface area contributed by atoms with E-state index >= 15 is 0 Å². The van der Waals surface area contributed by atoms with Crippen LogP contribution in [0, 0.1) is 27.7 Å². The maximum atomic E-state index is 14.6. The number of benzene rings is 2. The van der Waals surface area contributed by atoms with Crippen molar-refractivity contribution in [3.05, 3.63) is 91.7 Å². The second-order valence-corrected chi connectivity index (χ2v) is 36.0. The van der Waals surface area contributed by atoms with Gasteiger partial charge in [0.15, 0.2) is 31.2 Å². The van der Waals surface area contributed by atoms with Crippen LogP contribution in [-0.4, -0.2) is 198 Å². The van der Waals surface area contributed by atoms with Gasteiger partial charge in [0.1, 0.15) is 9.66 Å². The summed E-state index contributed by atoms with van der Waals surface area (Å²) in [5, 5.41) is 4.41. The second-order valence-electron chi connectivity index (χ2n) is 28.8. The molecule has 6 aromatic rings. The Hall–Kier alpha value is -4.77. The van der Waals surface area contributed by atoms with Gasteiger partial charge in [-0.2, -0.15) is 0 Å². The predicted octanol–water partition coefficient (Wildman–Crippen LogP) is 11.2. The third kappa shape index (κ3) is 13.2. The molecule has 4 aromatic heterocycles. The molecule has 4 atom stereocenters. The molecule has 8 aliphatic rings. The number of H-pyrrole nitrogens is 2. The van der Waals surface area contributed by atoms with Crippen LogP contribution in [0.15, 0.2) is 48.5 Å². The molecule has 3 N–H and O–H groups in total. The van der Waals surface area contributed by atoms with Gasteiger partial charge in [0.2, 0.25) is 11.8 Å². The highest BCUT2D eigenvalue weighted by atomic mass is 35.5. The summed E-state index contributed by atoms with van der Waals surface area (Å²) in [6.07, 6.45) is 10.5. The lowest BCUT2D eigenvalue weighted by Gasteiger charge is -2.39. The number of aromatic nitrogens is 2. The third-order valence-corrected chi connectivity index (χ3v) is 27.9. The van der Waals surface area contributed by atoms with Gasteiger partial charge in [0, 0.05) is 109 Å². The number of ketones is 2. The number of carbonyl (C=O) groups is 4. The summed E-state index contributed by atoms with van der Waals surface area (Å²) in [7, 11) is -5.64. The summed E-state index contributed by atoms with van der Waals surface area (Å²) in [5.74, 6) is 1.71. The van der Waals surface area contributed by atoms with Crippen LogP contribution >= 0.6 is 34.3 Å². The van der Waals surface area contributed by atoms with Crippen molar-refractivity contribution in [1.29, 1.82) is 0 Å². The molecular weight excluding hydrogens is 1240 g/mol. The van der Waals surface area contributed by atoms with Gasteiger partial charge in [-0.3, -0.25) is 33.9 Å². The lowest BCUT2D eigenvalue weighted by atomic mass is 9.88. The third-order valence-electron chi connectivity index (χ3n) is 21.4. The van der Waals surface area contributed by atoms with Gasteiger partial charge in [-0.1, -0.05) is 34.4 Å². The van der Waals surface area contributed by atoms with E-state index in [-0.39, 0.29) is 47.0 Å². The van der Waals surface area contributed by atoms with Crippen LogP contribution in [0.5, 0.6) is 0 Å². The van der Waals surface area contributed by atoms with Crippen LogP contribution in [0.1, 0.15) is 158 Å². The van der Waals surface area contributed by atoms with E-state index in [1.54, 1.807) is 29.6 Å². The quantitative estimate of drug-likeness (QED) is 0.0732. The summed E-state index contributed by atoms with van der Waals surface area (Å²) >= 11 is 9.48. The number of halogens is 1. The highest BCUT2D eigenvalue weighted by molar-refractivity contribution is 7.92. The molecule has 8 aliphatic heterocycles. The van der Waals surface area contributed by atoms with Gasteiger partial charge in [0.05, 0.1) is 67.8 Å². The lowest BCUT2D eigenvalue weighted by Crippen LogP contribution is -2.54. The van der Waals surface area contributed by atoms with Gasteiger partial charge < -0.3 is 25.1 Å². The molecule has 16 nitrogen and oxygen atoms in total. The van der Waals surface area contributed by atoms with Crippen molar-refractivity contribution in [3.8, 4) is 22.5 Å². The molecule has 0 aliphatic carbocycles. The number of hydrogen-bond acceptors (Lipinski definition) is 14. The Morgan fingerprint density at radius 2 is 0.868 bits per heavy atom. The van der Waals surface area contributed by atoms with Gasteiger partial charge in [-0.05, 0) is 181 Å². The van der Waals surface area contributed by atoms with Crippen LogP contribution in [0.25, 0.3) is 42.9 Å². The molecule has 91 heavy (non-hydrogen) atoms. The molecule has 14 rings (SSSR count). The number of amides is 2. The zero-order valence-electron chi connectivity index (χ0n) is 54.8. The Labute approximate surface area is 551 Å². The van der Waals surface area contributed by atoms with Crippen molar-refractivity contribution in [2.75, 3.05) is 75.4 Å². The Balaban J connectivity index is 0.000000151. The summed E-state index contributed by atoms with van der Waals surface area (Å²) in [5.41, 5.74) is 8.26. The first-order valence-electron chi connectivity index (χ1n) is 33.3. The number of Topliss-reactive ketones (excluding diaryl/α,β-unsaturated/α-hetero) is 2. The first-order chi connectivity index (χ1) is 43.1. The number of fused-ring (bicyclic) bond motifs is 6. The number of rotatable bonds is 13. The summed E-state index contributed by atoms with van der Waals surface area (Å²) in [4.78, 5) is 77.7. The van der Waals surface area contributed by atoms with Crippen molar-refractivity contribution >= 4 is 97.8 Å². The summed E-state index contributed by atoms with van der Waals surface area (Å²) in [6.45, 7) is 27.1. The molecule has 12 heterocycles. The van der Waals surface area contributed by atoms with Crippen LogP contribution in [0.3, 0.4) is 0 Å². The van der Waals surface area contributed by atoms with Crippen LogP contribution in [-0.2, 0) is 40.1 Å². The highest BCUT2D eigenvalue weighted by Crippen LogP contribution is 2.47. The largest absolute Gasteiger partial charge is 0.346 e. The average molecular weight is 1340 g/mol. The number of hydrogen-bond donors (Lipinski definition) is 3. The molecule has 0 saturated carbocycles. The maximum Gasteiger partial charge on any atom is 0.233 e. The molecule has 8 saturated heterocycles. The van der Waals surface area contributed by atoms with Gasteiger partial charge in [-0.25, -0.2) is 16.8 Å². The monoisotopic (exact) mass is 1340 g/mol. The maximum absolute atomic E-state index is 14.6. The fraction of sp³-hybridized carbons (Fsp3) is 0.600. The Bertz CT molecular complexity index is 3940. The van der Waals surface area contributed by atoms with Gasteiger partial charge >= 0.3 is 0 Å². The first kappa shape index (κ1) is 66.3. The lowest BCUT2D eigenvalue weighted by molar-refractivity contribution is -0.138. The zero-order chi connectivity index (χ0) is 64.8. The van der Waals surface area contributed by atoms with E-state index in [4.69, 9.17) is 11.6 Å². The van der Waals surface area contributed by atoms with E-state index in [1.165, 1.54) is 0 Å². The minimum atomic E-state index is -2.93. The predicted molar refractivity (Wildman–Crippen MR) is 369 cm³/mol. The normalized spacial score (nSPS) is 25.7. The van der Waals surface area contributed by atoms with Crippen LogP contribution in [0.4, 0.5) is 0 Å². The Morgan fingerprint density at radius 3 is 1.22 bits per heavy atom. The molecule has 0 radical (unpaired) electrons. The molecule has 8 fully saturated rings. The number of alkyl halides is 1. The van der Waals surface area contributed by atoms with Gasteiger partial charge in [-0.15, -0.1) is 34.3 Å². The van der Waals surface area contributed by atoms with Crippen LogP contribution < -0.4 is 5.32 Å². The molecule has 4 unspecified atom stereocenters. The minimum Gasteiger partial charge on any atom is -0.346 e. The molecule has 4 bridgehead atoms. The fourth-order valence-corrected chi connectivity index (χ4v) is 22.3. The van der Waals surface area contributed by atoms with Crippen molar-refractivity contribution < 1.29 is 36.0 Å². The van der Waals surface area contributed by atoms with Crippen molar-refractivity contribution in [2.24, 2.45) is 0 Å². The van der Waals surface area contributed by atoms with E-state index in [0.717, 1.165) is 185 Å². The number of piperazine rings is 2. The standard InChI is InChI=1S/C35H46N4O4S2.C27H31ClN2O2S.C8H16N2O2S/c1-21-16-22(2)18-24(17-21)31-30(32(40)23(3)37-11-13-38(14-12-37)27-10-15-45(42,43)20-27)28-19-29(44-33(28)36-31)35(4,5)34(41)39-25-6-7-26(39)9-8-25;1-14-10-15(2)12-17(11-14)23-22(24(31)16(3)28)20-13-21(33-25(20)29-23)27(4,5)26(32)30-18-6-7-19(30)9-8-18;11-13(12)6-1-8(7-13)10-4-2-9-3-5-10/h16-19,23,25-27,36H,6-15,20H2,1-5H3;10-13,16,18-19,29H,6-9H2,1-5H3;8-9H,1-7H2. The van der Waals surface area contributed by atoms with E-state index in [9.17, 15) is 36.0 Å². The van der Waals surface area contributed by atoms with Crippen molar-refractivity contribution in [3.63, 3.8) is 0 Å². The second kappa shape index (κ2) is 25.8. The molecule has 492 valence electrons. The number of nitrogens with one attached hydrogen (secondary N) is 3. The van der Waals surface area contributed by atoms with Crippen molar-refractivity contribution in [2.45, 2.75) is 192 Å². The molecule has 21 heteroatoms. The van der Waals surface area contributed by atoms with Gasteiger partial charge in [0.25, 0.3) is 0 Å². The Morgan fingerprint density at radius 1 is 0.505 bits per heavy atom. The number of sulfone groups is 2. The number of aromatic amines is 2. The number of nitrogens with zero attached hydrogens (tertiary/aromatic N) is 5. The summed E-state index contributed by atoms with van der Waals surface area (Å²) < 4.78 is 46.6.